The highest BCUT2D eigenvalue weighted by atomic mass is 16.3. The Hall–Kier alpha value is -6.91. The lowest BCUT2D eigenvalue weighted by Gasteiger charge is -2.15. The van der Waals surface area contributed by atoms with Gasteiger partial charge in [-0.2, -0.15) is 0 Å². The summed E-state index contributed by atoms with van der Waals surface area (Å²) in [6.07, 6.45) is 3.86. The monoisotopic (exact) mass is 651 g/mol. The summed E-state index contributed by atoms with van der Waals surface area (Å²) in [6.45, 7) is 0. The first kappa shape index (κ1) is 28.0. The highest BCUT2D eigenvalue weighted by Crippen LogP contribution is 2.39. The molecule has 0 aliphatic rings. The Morgan fingerprint density at radius 1 is 0.412 bits per heavy atom. The van der Waals surface area contributed by atoms with Gasteiger partial charge < -0.3 is 14.0 Å². The van der Waals surface area contributed by atoms with E-state index in [2.05, 4.69) is 160 Å². The Morgan fingerprint density at radius 3 is 1.94 bits per heavy atom. The van der Waals surface area contributed by atoms with Gasteiger partial charge in [-0.1, -0.05) is 84.9 Å². The molecule has 0 aliphatic carbocycles. The van der Waals surface area contributed by atoms with Crippen LogP contribution in [0.25, 0.3) is 105 Å². The molecule has 7 aromatic carbocycles. The number of hydrogen-bond acceptors (Lipinski definition) is 2. The molecule has 0 bridgehead atoms. The van der Waals surface area contributed by atoms with Crippen molar-refractivity contribution in [3.8, 4) is 39.1 Å². The van der Waals surface area contributed by atoms with Crippen molar-refractivity contribution in [3.63, 3.8) is 0 Å². The number of fused-ring (bicyclic) bond motifs is 9. The number of furan rings is 1. The zero-order valence-electron chi connectivity index (χ0n) is 27.5. The first-order chi connectivity index (χ1) is 25.2. The summed E-state index contributed by atoms with van der Waals surface area (Å²) >= 11 is 0. The van der Waals surface area contributed by atoms with E-state index in [1.54, 1.807) is 0 Å². The maximum absolute atomic E-state index is 6.14. The van der Waals surface area contributed by atoms with Crippen LogP contribution in [0, 0.1) is 0 Å². The molecule has 11 aromatic rings. The summed E-state index contributed by atoms with van der Waals surface area (Å²) in [6, 6.07) is 56.6. The molecule has 0 unspecified atom stereocenters. The molecular formula is C47H29N3O. The highest BCUT2D eigenvalue weighted by molar-refractivity contribution is 6.10. The Labute approximate surface area is 292 Å². The van der Waals surface area contributed by atoms with Crippen LogP contribution in [0.2, 0.25) is 0 Å². The van der Waals surface area contributed by atoms with Gasteiger partial charge in [-0.25, -0.2) is 0 Å². The second-order valence-corrected chi connectivity index (χ2v) is 13.3. The van der Waals surface area contributed by atoms with Crippen LogP contribution in [0.5, 0.6) is 0 Å². The number of rotatable bonds is 4. The van der Waals surface area contributed by atoms with Crippen LogP contribution in [0.4, 0.5) is 0 Å². The summed E-state index contributed by atoms with van der Waals surface area (Å²) in [4.78, 5) is 8.16. The average Bonchev–Trinajstić information content (AvgIpc) is 3.87. The SMILES string of the molecule is c1cc(-c2cc(-c3ccc4[nH]c5ccccc5c4c3)cc(-n3c4ccccc4c4ccncc43)c2)cc(-c2ccc3oc4ccccc4c3c2)c1. The van der Waals surface area contributed by atoms with Crippen LogP contribution in [0.1, 0.15) is 0 Å². The number of pyridine rings is 1. The average molecular weight is 652 g/mol. The van der Waals surface area contributed by atoms with Crippen molar-refractivity contribution in [1.82, 2.24) is 14.5 Å². The fourth-order valence-corrected chi connectivity index (χ4v) is 7.98. The molecule has 0 fully saturated rings. The number of nitrogens with one attached hydrogen (secondary N) is 1. The number of H-pyrrole nitrogens is 1. The molecule has 0 saturated heterocycles. The van der Waals surface area contributed by atoms with E-state index in [9.17, 15) is 0 Å². The number of benzene rings is 7. The van der Waals surface area contributed by atoms with E-state index in [4.69, 9.17) is 4.42 Å². The normalized spacial score (nSPS) is 11.9. The lowest BCUT2D eigenvalue weighted by molar-refractivity contribution is 0.669. The Morgan fingerprint density at radius 2 is 1.04 bits per heavy atom. The smallest absolute Gasteiger partial charge is 0.135 e. The number of aromatic nitrogens is 3. The van der Waals surface area contributed by atoms with Gasteiger partial charge in [0.1, 0.15) is 11.2 Å². The molecule has 0 aliphatic heterocycles. The molecule has 0 saturated carbocycles. The fourth-order valence-electron chi connectivity index (χ4n) is 7.98. The van der Waals surface area contributed by atoms with Gasteiger partial charge in [-0.3, -0.25) is 4.98 Å². The quantitative estimate of drug-likeness (QED) is 0.206. The van der Waals surface area contributed by atoms with E-state index >= 15 is 0 Å². The molecule has 0 spiro atoms. The molecule has 0 amide bonds. The van der Waals surface area contributed by atoms with E-state index in [-0.39, 0.29) is 0 Å². The number of para-hydroxylation sites is 3. The molecule has 238 valence electrons. The summed E-state index contributed by atoms with van der Waals surface area (Å²) < 4.78 is 8.50. The maximum Gasteiger partial charge on any atom is 0.135 e. The Bertz CT molecular complexity index is 3100. The zero-order chi connectivity index (χ0) is 33.5. The van der Waals surface area contributed by atoms with Crippen molar-refractivity contribution in [2.24, 2.45) is 0 Å². The zero-order valence-corrected chi connectivity index (χ0v) is 27.5. The summed E-state index contributed by atoms with van der Waals surface area (Å²) in [5.41, 5.74) is 14.4. The second-order valence-electron chi connectivity index (χ2n) is 13.3. The van der Waals surface area contributed by atoms with Crippen LogP contribution >= 0.6 is 0 Å². The van der Waals surface area contributed by atoms with E-state index in [1.165, 1.54) is 27.1 Å². The Kier molecular flexibility index (Phi) is 5.92. The minimum Gasteiger partial charge on any atom is -0.456 e. The first-order valence-corrected chi connectivity index (χ1v) is 17.3. The molecule has 4 nitrogen and oxygen atoms in total. The van der Waals surface area contributed by atoms with Gasteiger partial charge in [-0.15, -0.1) is 0 Å². The van der Waals surface area contributed by atoms with E-state index in [1.807, 2.05) is 24.5 Å². The molecule has 4 heteroatoms. The molecule has 0 radical (unpaired) electrons. The number of nitrogens with zero attached hydrogens (tertiary/aromatic N) is 2. The van der Waals surface area contributed by atoms with Gasteiger partial charge in [0.2, 0.25) is 0 Å². The minimum absolute atomic E-state index is 0.904. The lowest BCUT2D eigenvalue weighted by atomic mass is 9.94. The predicted molar refractivity (Wildman–Crippen MR) is 212 cm³/mol. The van der Waals surface area contributed by atoms with Crippen molar-refractivity contribution in [1.29, 1.82) is 0 Å². The van der Waals surface area contributed by atoms with Crippen molar-refractivity contribution < 1.29 is 4.42 Å². The van der Waals surface area contributed by atoms with E-state index < -0.39 is 0 Å². The van der Waals surface area contributed by atoms with Crippen LogP contribution < -0.4 is 0 Å². The van der Waals surface area contributed by atoms with Crippen molar-refractivity contribution in [3.05, 3.63) is 170 Å². The highest BCUT2D eigenvalue weighted by Gasteiger charge is 2.16. The lowest BCUT2D eigenvalue weighted by Crippen LogP contribution is -1.96. The summed E-state index contributed by atoms with van der Waals surface area (Å²) in [5, 5.41) is 7.12. The van der Waals surface area contributed by atoms with Gasteiger partial charge in [-0.05, 0) is 106 Å². The second kappa shape index (κ2) is 10.8. The summed E-state index contributed by atoms with van der Waals surface area (Å²) in [7, 11) is 0. The predicted octanol–water partition coefficient (Wildman–Crippen LogP) is 12.7. The fraction of sp³-hybridized carbons (Fsp3) is 0. The molecular weight excluding hydrogens is 623 g/mol. The largest absolute Gasteiger partial charge is 0.456 e. The Balaban J connectivity index is 1.13. The molecule has 4 aromatic heterocycles. The number of aromatic amines is 1. The van der Waals surface area contributed by atoms with Gasteiger partial charge in [0.15, 0.2) is 0 Å². The third-order valence-electron chi connectivity index (χ3n) is 10.4. The van der Waals surface area contributed by atoms with Crippen LogP contribution in [-0.4, -0.2) is 14.5 Å². The molecule has 0 atom stereocenters. The third kappa shape index (κ3) is 4.37. The minimum atomic E-state index is 0.904. The first-order valence-electron chi connectivity index (χ1n) is 17.3. The summed E-state index contributed by atoms with van der Waals surface area (Å²) in [5.74, 6) is 0. The number of hydrogen-bond donors (Lipinski definition) is 1. The van der Waals surface area contributed by atoms with E-state index in [0.29, 0.717) is 0 Å². The van der Waals surface area contributed by atoms with Crippen molar-refractivity contribution >= 4 is 65.6 Å². The van der Waals surface area contributed by atoms with Gasteiger partial charge in [0, 0.05) is 55.2 Å². The van der Waals surface area contributed by atoms with Crippen LogP contribution in [0.15, 0.2) is 175 Å². The van der Waals surface area contributed by atoms with Crippen molar-refractivity contribution in [2.45, 2.75) is 0 Å². The van der Waals surface area contributed by atoms with Crippen LogP contribution in [0.3, 0.4) is 0 Å². The molecule has 11 rings (SSSR count). The van der Waals surface area contributed by atoms with Gasteiger partial charge in [0.25, 0.3) is 0 Å². The van der Waals surface area contributed by atoms with Gasteiger partial charge in [0.05, 0.1) is 17.2 Å². The van der Waals surface area contributed by atoms with E-state index in [0.717, 1.165) is 77.5 Å². The third-order valence-corrected chi connectivity index (χ3v) is 10.4. The standard InChI is InChI=1S/C47H29N3O/c1-4-13-42-36(10-1)40-26-32(16-18-43(40)49-42)34-23-33(24-35(25-34)50-44-14-5-2-11-37(44)38-20-21-48-28-45(38)50)30-9-7-8-29(22-30)31-17-19-47-41(27-31)39-12-3-6-15-46(39)51-47/h1-28,49H. The van der Waals surface area contributed by atoms with Crippen molar-refractivity contribution in [2.75, 3.05) is 0 Å². The molecule has 51 heavy (non-hydrogen) atoms. The topological polar surface area (TPSA) is 46.8 Å². The maximum atomic E-state index is 6.14. The van der Waals surface area contributed by atoms with Crippen LogP contribution in [-0.2, 0) is 0 Å². The van der Waals surface area contributed by atoms with Gasteiger partial charge >= 0.3 is 0 Å². The molecule has 1 N–H and O–H groups in total. The molecule has 4 heterocycles.